The molecule has 1 heterocycles. The molecular formula is C16H18ClN3O. The number of carbonyl (C=O) groups is 1. The first-order chi connectivity index (χ1) is 10.1. The summed E-state index contributed by atoms with van der Waals surface area (Å²) in [5.74, 6) is -0.164. The summed E-state index contributed by atoms with van der Waals surface area (Å²) in [4.78, 5) is 15.9. The molecule has 2 aromatic rings. The number of carbonyl (C=O) groups excluding carboxylic acids is 1. The van der Waals surface area contributed by atoms with Crippen molar-refractivity contribution in [2.75, 3.05) is 5.32 Å². The summed E-state index contributed by atoms with van der Waals surface area (Å²) in [6, 6.07) is 11.3. The van der Waals surface area contributed by atoms with Gasteiger partial charge < -0.3 is 10.6 Å². The lowest BCUT2D eigenvalue weighted by Gasteiger charge is -2.10. The van der Waals surface area contributed by atoms with E-state index in [0.717, 1.165) is 16.3 Å². The first-order valence-electron chi connectivity index (χ1n) is 6.80. The molecule has 0 unspecified atom stereocenters. The fourth-order valence-corrected chi connectivity index (χ4v) is 2.01. The van der Waals surface area contributed by atoms with Gasteiger partial charge in [-0.3, -0.25) is 4.79 Å². The van der Waals surface area contributed by atoms with Gasteiger partial charge in [0.2, 0.25) is 0 Å². The van der Waals surface area contributed by atoms with E-state index in [0.29, 0.717) is 12.2 Å². The van der Waals surface area contributed by atoms with Crippen LogP contribution in [0, 0.1) is 0 Å². The fourth-order valence-electron chi connectivity index (χ4n) is 1.81. The van der Waals surface area contributed by atoms with Crippen LogP contribution in [0.1, 0.15) is 29.9 Å². The van der Waals surface area contributed by atoms with Crippen LogP contribution in [0.2, 0.25) is 5.02 Å². The smallest absolute Gasteiger partial charge is 0.270 e. The molecular weight excluding hydrogens is 286 g/mol. The van der Waals surface area contributed by atoms with Crippen LogP contribution in [0.3, 0.4) is 0 Å². The summed E-state index contributed by atoms with van der Waals surface area (Å²) in [6.45, 7) is 4.44. The highest BCUT2D eigenvalue weighted by atomic mass is 35.5. The van der Waals surface area contributed by atoms with E-state index in [1.807, 2.05) is 44.2 Å². The molecule has 0 atom stereocenters. The molecule has 1 aromatic heterocycles. The minimum Gasteiger partial charge on any atom is -0.380 e. The van der Waals surface area contributed by atoms with Gasteiger partial charge in [0.15, 0.2) is 0 Å². The molecule has 0 saturated heterocycles. The molecule has 1 aromatic carbocycles. The van der Waals surface area contributed by atoms with Crippen molar-refractivity contribution in [3.05, 3.63) is 58.9 Å². The molecule has 0 fully saturated rings. The molecule has 0 aliphatic rings. The Morgan fingerprint density at radius 1 is 1.24 bits per heavy atom. The van der Waals surface area contributed by atoms with Crippen molar-refractivity contribution in [1.29, 1.82) is 0 Å². The van der Waals surface area contributed by atoms with Crippen molar-refractivity contribution in [3.63, 3.8) is 0 Å². The number of benzene rings is 1. The molecule has 0 radical (unpaired) electrons. The second-order valence-corrected chi connectivity index (χ2v) is 5.41. The van der Waals surface area contributed by atoms with Crippen molar-refractivity contribution < 1.29 is 4.79 Å². The van der Waals surface area contributed by atoms with Crippen molar-refractivity contribution in [2.24, 2.45) is 0 Å². The maximum absolute atomic E-state index is 11.8. The van der Waals surface area contributed by atoms with Gasteiger partial charge in [-0.15, -0.1) is 0 Å². The van der Waals surface area contributed by atoms with E-state index in [9.17, 15) is 4.79 Å². The Morgan fingerprint density at radius 2 is 2.00 bits per heavy atom. The average molecular weight is 304 g/mol. The van der Waals surface area contributed by atoms with E-state index in [1.165, 1.54) is 0 Å². The Labute approximate surface area is 129 Å². The van der Waals surface area contributed by atoms with Crippen molar-refractivity contribution in [2.45, 2.75) is 26.4 Å². The van der Waals surface area contributed by atoms with E-state index >= 15 is 0 Å². The first-order valence-corrected chi connectivity index (χ1v) is 7.18. The number of halogens is 1. The highest BCUT2D eigenvalue weighted by Crippen LogP contribution is 2.16. The molecule has 4 nitrogen and oxygen atoms in total. The molecule has 0 bridgehead atoms. The summed E-state index contributed by atoms with van der Waals surface area (Å²) in [5.41, 5.74) is 2.27. The molecule has 1 amide bonds. The molecule has 0 saturated carbocycles. The Morgan fingerprint density at radius 3 is 2.62 bits per heavy atom. The predicted molar refractivity (Wildman–Crippen MR) is 85.6 cm³/mol. The summed E-state index contributed by atoms with van der Waals surface area (Å²) in [5, 5.41) is 6.76. The number of hydrogen-bond donors (Lipinski definition) is 2. The molecule has 110 valence electrons. The number of amides is 1. The van der Waals surface area contributed by atoms with Gasteiger partial charge in [0.25, 0.3) is 5.91 Å². The number of pyridine rings is 1. The lowest BCUT2D eigenvalue weighted by molar-refractivity contribution is 0.0938. The monoisotopic (exact) mass is 303 g/mol. The van der Waals surface area contributed by atoms with E-state index in [2.05, 4.69) is 15.6 Å². The minimum absolute atomic E-state index is 0.0947. The van der Waals surface area contributed by atoms with Crippen LogP contribution in [0.15, 0.2) is 42.6 Å². The third kappa shape index (κ3) is 4.46. The highest BCUT2D eigenvalue weighted by molar-refractivity contribution is 6.31. The number of hydrogen-bond acceptors (Lipinski definition) is 3. The number of rotatable bonds is 5. The minimum atomic E-state index is -0.164. The van der Waals surface area contributed by atoms with Gasteiger partial charge in [0.05, 0.1) is 11.9 Å². The topological polar surface area (TPSA) is 54.0 Å². The summed E-state index contributed by atoms with van der Waals surface area (Å²) >= 11 is 6.10. The van der Waals surface area contributed by atoms with Crippen molar-refractivity contribution in [3.8, 4) is 0 Å². The zero-order valence-electron chi connectivity index (χ0n) is 12.1. The Balaban J connectivity index is 1.97. The highest BCUT2D eigenvalue weighted by Gasteiger charge is 2.08. The van der Waals surface area contributed by atoms with Crippen LogP contribution < -0.4 is 10.6 Å². The predicted octanol–water partition coefficient (Wildman–Crippen LogP) is 3.49. The molecule has 5 heteroatoms. The van der Waals surface area contributed by atoms with Crippen LogP contribution in [0.4, 0.5) is 5.69 Å². The maximum Gasteiger partial charge on any atom is 0.270 e. The second kappa shape index (κ2) is 7.09. The number of anilines is 1. The zero-order chi connectivity index (χ0) is 15.2. The number of aromatic nitrogens is 1. The quantitative estimate of drug-likeness (QED) is 0.889. The number of nitrogens with zero attached hydrogens (tertiary/aromatic N) is 1. The maximum atomic E-state index is 11.8. The molecule has 2 N–H and O–H groups in total. The van der Waals surface area contributed by atoms with Crippen LogP contribution in [0.5, 0.6) is 0 Å². The van der Waals surface area contributed by atoms with E-state index in [4.69, 9.17) is 11.6 Å². The van der Waals surface area contributed by atoms with Gasteiger partial charge in [0.1, 0.15) is 5.69 Å². The summed E-state index contributed by atoms with van der Waals surface area (Å²) in [6.07, 6.45) is 1.64. The largest absolute Gasteiger partial charge is 0.380 e. The number of nitrogens with one attached hydrogen (secondary N) is 2. The Kier molecular flexibility index (Phi) is 5.17. The van der Waals surface area contributed by atoms with E-state index < -0.39 is 0 Å². The van der Waals surface area contributed by atoms with Gasteiger partial charge in [-0.25, -0.2) is 4.98 Å². The summed E-state index contributed by atoms with van der Waals surface area (Å²) in [7, 11) is 0. The third-order valence-electron chi connectivity index (χ3n) is 2.86. The van der Waals surface area contributed by atoms with Gasteiger partial charge in [0, 0.05) is 17.6 Å². The average Bonchev–Trinajstić information content (AvgIpc) is 2.46. The molecule has 2 rings (SSSR count). The zero-order valence-corrected chi connectivity index (χ0v) is 12.8. The van der Waals surface area contributed by atoms with Crippen LogP contribution >= 0.6 is 11.6 Å². The molecule has 21 heavy (non-hydrogen) atoms. The van der Waals surface area contributed by atoms with Gasteiger partial charge in [-0.05, 0) is 37.6 Å². The molecule has 0 spiro atoms. The lowest BCUT2D eigenvalue weighted by Crippen LogP contribution is -2.30. The first kappa shape index (κ1) is 15.3. The normalized spacial score (nSPS) is 10.5. The second-order valence-electron chi connectivity index (χ2n) is 5.01. The van der Waals surface area contributed by atoms with Crippen LogP contribution in [0.25, 0.3) is 0 Å². The van der Waals surface area contributed by atoms with Gasteiger partial charge in [-0.1, -0.05) is 29.8 Å². The van der Waals surface area contributed by atoms with Crippen LogP contribution in [-0.2, 0) is 6.54 Å². The summed E-state index contributed by atoms with van der Waals surface area (Å²) < 4.78 is 0. The Hall–Kier alpha value is -2.07. The van der Waals surface area contributed by atoms with Gasteiger partial charge >= 0.3 is 0 Å². The standard InChI is InChI=1S/C16H18ClN3O/c1-11(2)20-16(21)15-8-7-13(10-19-15)18-9-12-5-3-4-6-14(12)17/h3-8,10-11,18H,9H2,1-2H3,(H,20,21). The molecule has 0 aliphatic carbocycles. The van der Waals surface area contributed by atoms with Crippen LogP contribution in [-0.4, -0.2) is 16.9 Å². The van der Waals surface area contributed by atoms with Crippen molar-refractivity contribution >= 4 is 23.2 Å². The Bertz CT molecular complexity index is 611. The van der Waals surface area contributed by atoms with Gasteiger partial charge in [-0.2, -0.15) is 0 Å². The fraction of sp³-hybridized carbons (Fsp3) is 0.250. The van der Waals surface area contributed by atoms with Crippen molar-refractivity contribution in [1.82, 2.24) is 10.3 Å². The van der Waals surface area contributed by atoms with E-state index in [1.54, 1.807) is 12.3 Å². The van der Waals surface area contributed by atoms with E-state index in [-0.39, 0.29) is 11.9 Å². The third-order valence-corrected chi connectivity index (χ3v) is 3.23. The molecule has 0 aliphatic heterocycles. The SMILES string of the molecule is CC(C)NC(=O)c1ccc(NCc2ccccc2Cl)cn1. The lowest BCUT2D eigenvalue weighted by atomic mass is 10.2.